The summed E-state index contributed by atoms with van der Waals surface area (Å²) < 4.78 is 6.66. The van der Waals surface area contributed by atoms with Gasteiger partial charge in [0.05, 0.1) is 13.2 Å². The van der Waals surface area contributed by atoms with Gasteiger partial charge in [-0.2, -0.15) is 5.10 Å². The van der Waals surface area contributed by atoms with Crippen LogP contribution < -0.4 is 0 Å². The highest BCUT2D eigenvalue weighted by Crippen LogP contribution is 2.19. The van der Waals surface area contributed by atoms with Gasteiger partial charge in [0.1, 0.15) is 18.7 Å². The lowest BCUT2D eigenvalue weighted by Crippen LogP contribution is -2.48. The summed E-state index contributed by atoms with van der Waals surface area (Å²) in [4.78, 5) is 29.7. The van der Waals surface area contributed by atoms with Crippen LogP contribution in [0.15, 0.2) is 12.7 Å². The number of hydrogen-bond donors (Lipinski definition) is 0. The van der Waals surface area contributed by atoms with Crippen LogP contribution in [0.4, 0.5) is 0 Å². The van der Waals surface area contributed by atoms with Crippen LogP contribution in [0.5, 0.6) is 0 Å². The number of esters is 1. The number of piperidine rings is 1. The van der Waals surface area contributed by atoms with Gasteiger partial charge in [-0.05, 0) is 26.2 Å². The van der Waals surface area contributed by atoms with Crippen LogP contribution in [0.25, 0.3) is 0 Å². The highest BCUT2D eigenvalue weighted by molar-refractivity contribution is 5.84. The Morgan fingerprint density at radius 3 is 2.95 bits per heavy atom. The van der Waals surface area contributed by atoms with Crippen LogP contribution >= 0.6 is 0 Å². The minimum atomic E-state index is -0.424. The van der Waals surface area contributed by atoms with E-state index in [9.17, 15) is 9.59 Å². The van der Waals surface area contributed by atoms with Crippen LogP contribution in [0.3, 0.4) is 0 Å². The minimum absolute atomic E-state index is 0.0294. The first kappa shape index (κ1) is 14.5. The molecule has 0 aliphatic carbocycles. The summed E-state index contributed by atoms with van der Waals surface area (Å²) in [5.41, 5.74) is 0. The van der Waals surface area contributed by atoms with E-state index >= 15 is 0 Å². The highest BCUT2D eigenvalue weighted by atomic mass is 16.5. The zero-order valence-electron chi connectivity index (χ0n) is 11.7. The molecule has 1 fully saturated rings. The predicted molar refractivity (Wildman–Crippen MR) is 70.6 cm³/mol. The smallest absolute Gasteiger partial charge is 0.328 e. The van der Waals surface area contributed by atoms with Gasteiger partial charge in [0.25, 0.3) is 0 Å². The lowest BCUT2D eigenvalue weighted by molar-refractivity contribution is -0.156. The number of rotatable bonds is 5. The van der Waals surface area contributed by atoms with Gasteiger partial charge in [-0.1, -0.05) is 0 Å². The number of aryl methyl sites for hydroxylation is 1. The molecule has 1 atom stereocenters. The number of aromatic nitrogens is 3. The van der Waals surface area contributed by atoms with Crippen molar-refractivity contribution in [3.05, 3.63) is 12.7 Å². The first-order chi connectivity index (χ1) is 9.72. The van der Waals surface area contributed by atoms with Crippen molar-refractivity contribution < 1.29 is 14.3 Å². The Morgan fingerprint density at radius 2 is 2.25 bits per heavy atom. The van der Waals surface area contributed by atoms with Crippen molar-refractivity contribution in [2.75, 3.05) is 13.2 Å². The zero-order valence-corrected chi connectivity index (χ0v) is 11.7. The summed E-state index contributed by atoms with van der Waals surface area (Å²) >= 11 is 0. The van der Waals surface area contributed by atoms with Crippen molar-refractivity contribution >= 4 is 11.9 Å². The van der Waals surface area contributed by atoms with Gasteiger partial charge >= 0.3 is 5.97 Å². The molecule has 1 saturated heterocycles. The maximum atomic E-state index is 12.3. The van der Waals surface area contributed by atoms with E-state index in [1.165, 1.54) is 6.33 Å². The summed E-state index contributed by atoms with van der Waals surface area (Å²) in [7, 11) is 0. The van der Waals surface area contributed by atoms with Crippen LogP contribution in [-0.4, -0.2) is 50.7 Å². The average Bonchev–Trinajstić information content (AvgIpc) is 2.98. The Hall–Kier alpha value is -1.92. The van der Waals surface area contributed by atoms with Crippen molar-refractivity contribution in [3.63, 3.8) is 0 Å². The Morgan fingerprint density at radius 1 is 1.40 bits per heavy atom. The molecule has 2 rings (SSSR count). The normalized spacial score (nSPS) is 18.9. The molecule has 0 spiro atoms. The van der Waals surface area contributed by atoms with E-state index in [1.807, 2.05) is 0 Å². The molecule has 1 aliphatic heterocycles. The standard InChI is InChI=1S/C13H20N4O3/c1-2-20-13(19)11-5-3-4-7-17(11)12(18)6-8-16-10-14-9-15-16/h9-11H,2-8H2,1H3. The average molecular weight is 280 g/mol. The second-order valence-electron chi connectivity index (χ2n) is 4.76. The third-order valence-electron chi connectivity index (χ3n) is 3.40. The molecule has 1 amide bonds. The Labute approximate surface area is 117 Å². The topological polar surface area (TPSA) is 77.3 Å². The van der Waals surface area contributed by atoms with Gasteiger partial charge in [0, 0.05) is 13.0 Å². The molecule has 1 aliphatic rings. The number of amides is 1. The van der Waals surface area contributed by atoms with E-state index in [4.69, 9.17) is 4.74 Å². The SMILES string of the molecule is CCOC(=O)C1CCCCN1C(=O)CCn1cncn1. The Balaban J connectivity index is 1.92. The zero-order chi connectivity index (χ0) is 14.4. The van der Waals surface area contributed by atoms with Gasteiger partial charge in [-0.25, -0.2) is 9.78 Å². The lowest BCUT2D eigenvalue weighted by atomic mass is 10.0. The maximum Gasteiger partial charge on any atom is 0.328 e. The largest absolute Gasteiger partial charge is 0.464 e. The van der Waals surface area contributed by atoms with Crippen molar-refractivity contribution in [2.24, 2.45) is 0 Å². The van der Waals surface area contributed by atoms with Gasteiger partial charge in [0.2, 0.25) is 5.91 Å². The van der Waals surface area contributed by atoms with Crippen LogP contribution in [-0.2, 0) is 20.9 Å². The van der Waals surface area contributed by atoms with Crippen LogP contribution in [0, 0.1) is 0 Å². The van der Waals surface area contributed by atoms with E-state index < -0.39 is 6.04 Å². The lowest BCUT2D eigenvalue weighted by Gasteiger charge is -2.34. The van der Waals surface area contributed by atoms with E-state index in [2.05, 4.69) is 10.1 Å². The van der Waals surface area contributed by atoms with Gasteiger partial charge in [0.15, 0.2) is 0 Å². The monoisotopic (exact) mass is 280 g/mol. The number of nitrogens with zero attached hydrogens (tertiary/aromatic N) is 4. The fourth-order valence-corrected chi connectivity index (χ4v) is 2.42. The summed E-state index contributed by atoms with van der Waals surface area (Å²) in [6.07, 6.45) is 5.91. The summed E-state index contributed by atoms with van der Waals surface area (Å²) in [5, 5.41) is 3.96. The number of likely N-dealkylation sites (tertiary alicyclic amines) is 1. The van der Waals surface area contributed by atoms with E-state index in [1.54, 1.807) is 22.8 Å². The Bertz CT molecular complexity index is 446. The molecule has 1 aromatic heterocycles. The first-order valence-corrected chi connectivity index (χ1v) is 7.01. The molecule has 0 saturated carbocycles. The second-order valence-corrected chi connectivity index (χ2v) is 4.76. The number of carbonyl (C=O) groups is 2. The molecule has 2 heterocycles. The predicted octanol–water partition coefficient (Wildman–Crippen LogP) is 0.612. The van der Waals surface area contributed by atoms with Crippen molar-refractivity contribution in [2.45, 2.75) is 45.2 Å². The van der Waals surface area contributed by atoms with Crippen molar-refractivity contribution in [1.29, 1.82) is 0 Å². The van der Waals surface area contributed by atoms with E-state index in [-0.39, 0.29) is 11.9 Å². The maximum absolute atomic E-state index is 12.3. The molecular formula is C13H20N4O3. The fraction of sp³-hybridized carbons (Fsp3) is 0.692. The molecule has 0 aromatic carbocycles. The molecule has 1 unspecified atom stereocenters. The molecular weight excluding hydrogens is 260 g/mol. The summed E-state index contributed by atoms with van der Waals surface area (Å²) in [6, 6.07) is -0.424. The van der Waals surface area contributed by atoms with Gasteiger partial charge < -0.3 is 9.64 Å². The van der Waals surface area contributed by atoms with Crippen LogP contribution in [0.1, 0.15) is 32.6 Å². The van der Waals surface area contributed by atoms with Crippen LogP contribution in [0.2, 0.25) is 0 Å². The van der Waals surface area contributed by atoms with Crippen molar-refractivity contribution in [1.82, 2.24) is 19.7 Å². The molecule has 7 nitrogen and oxygen atoms in total. The second kappa shape index (κ2) is 7.02. The minimum Gasteiger partial charge on any atom is -0.464 e. The number of ether oxygens (including phenoxy) is 1. The Kier molecular flexibility index (Phi) is 5.09. The number of carbonyl (C=O) groups excluding carboxylic acids is 2. The van der Waals surface area contributed by atoms with Gasteiger partial charge in [-0.3, -0.25) is 9.48 Å². The molecule has 0 bridgehead atoms. The number of hydrogen-bond acceptors (Lipinski definition) is 5. The quantitative estimate of drug-likeness (QED) is 0.739. The van der Waals surface area contributed by atoms with Crippen molar-refractivity contribution in [3.8, 4) is 0 Å². The molecule has 1 aromatic rings. The molecule has 0 N–H and O–H groups in total. The third-order valence-corrected chi connectivity index (χ3v) is 3.40. The molecule has 7 heteroatoms. The molecule has 20 heavy (non-hydrogen) atoms. The van der Waals surface area contributed by atoms with E-state index in [0.29, 0.717) is 32.5 Å². The summed E-state index contributed by atoms with van der Waals surface area (Å²) in [6.45, 7) is 3.22. The fourth-order valence-electron chi connectivity index (χ4n) is 2.42. The third kappa shape index (κ3) is 3.55. The molecule has 0 radical (unpaired) electrons. The summed E-state index contributed by atoms with van der Waals surface area (Å²) in [5.74, 6) is -0.320. The van der Waals surface area contributed by atoms with Gasteiger partial charge in [-0.15, -0.1) is 0 Å². The van der Waals surface area contributed by atoms with E-state index in [0.717, 1.165) is 12.8 Å². The first-order valence-electron chi connectivity index (χ1n) is 7.01. The highest BCUT2D eigenvalue weighted by Gasteiger charge is 2.32. The molecule has 110 valence electrons.